The molecule has 1 aliphatic heterocycles. The normalized spacial score (nSPS) is 15.0. The van der Waals surface area contributed by atoms with Crippen LogP contribution in [0.15, 0.2) is 71.6 Å². The van der Waals surface area contributed by atoms with Crippen molar-refractivity contribution in [1.82, 2.24) is 0 Å². The van der Waals surface area contributed by atoms with Crippen molar-refractivity contribution in [2.45, 2.75) is 24.2 Å². The summed E-state index contributed by atoms with van der Waals surface area (Å²) in [5.74, 6) is 3.74. The maximum absolute atomic E-state index is 6.14. The van der Waals surface area contributed by atoms with Crippen LogP contribution in [0.25, 0.3) is 10.8 Å². The third-order valence-electron chi connectivity index (χ3n) is 4.68. The fourth-order valence-electron chi connectivity index (χ4n) is 3.42. The predicted molar refractivity (Wildman–Crippen MR) is 104 cm³/mol. The first-order valence-electron chi connectivity index (χ1n) is 8.78. The molecule has 0 radical (unpaired) electrons. The van der Waals surface area contributed by atoms with E-state index in [4.69, 9.17) is 4.74 Å². The Morgan fingerprint density at radius 2 is 1.46 bits per heavy atom. The minimum Gasteiger partial charge on any atom is -0.493 e. The predicted octanol–water partition coefficient (Wildman–Crippen LogP) is 5.23. The fourth-order valence-corrected chi connectivity index (χ4v) is 5.92. The van der Waals surface area contributed by atoms with Gasteiger partial charge in [-0.15, -0.1) is 0 Å². The van der Waals surface area contributed by atoms with Crippen LogP contribution in [0.1, 0.15) is 18.4 Å². The zero-order valence-corrected chi connectivity index (χ0v) is 14.7. The van der Waals surface area contributed by atoms with Crippen LogP contribution in [0.3, 0.4) is 0 Å². The highest BCUT2D eigenvalue weighted by atomic mass is 32.2. The molecule has 0 aliphatic carbocycles. The van der Waals surface area contributed by atoms with E-state index in [1.165, 1.54) is 40.7 Å². The Morgan fingerprint density at radius 1 is 0.750 bits per heavy atom. The minimum atomic E-state index is 0.436. The van der Waals surface area contributed by atoms with Crippen molar-refractivity contribution in [2.24, 2.45) is 0 Å². The largest absolute Gasteiger partial charge is 0.493 e. The molecular formula is C22H23OS+. The molecule has 0 spiro atoms. The lowest BCUT2D eigenvalue weighted by molar-refractivity contribution is 0.325. The van der Waals surface area contributed by atoms with Gasteiger partial charge in [-0.3, -0.25) is 0 Å². The molecule has 1 fully saturated rings. The number of benzene rings is 3. The van der Waals surface area contributed by atoms with Gasteiger partial charge < -0.3 is 4.74 Å². The molecule has 3 aromatic rings. The SMILES string of the molecule is c1ccc(CCOc2ccc([S+]3CCCC3)c3ccccc23)cc1. The monoisotopic (exact) mass is 335 g/mol. The van der Waals surface area contributed by atoms with Crippen LogP contribution in [0.4, 0.5) is 0 Å². The van der Waals surface area contributed by atoms with E-state index in [1.54, 1.807) is 4.90 Å². The second-order valence-corrected chi connectivity index (χ2v) is 8.54. The molecule has 0 aromatic heterocycles. The van der Waals surface area contributed by atoms with E-state index in [9.17, 15) is 0 Å². The molecule has 1 heterocycles. The first kappa shape index (κ1) is 15.6. The van der Waals surface area contributed by atoms with Crippen LogP contribution >= 0.6 is 0 Å². The van der Waals surface area contributed by atoms with E-state index in [2.05, 4.69) is 66.7 Å². The number of rotatable bonds is 5. The smallest absolute Gasteiger partial charge is 0.162 e. The summed E-state index contributed by atoms with van der Waals surface area (Å²) in [6.45, 7) is 0.721. The van der Waals surface area contributed by atoms with Gasteiger partial charge >= 0.3 is 0 Å². The van der Waals surface area contributed by atoms with Gasteiger partial charge in [0.05, 0.1) is 6.61 Å². The Labute approximate surface area is 147 Å². The van der Waals surface area contributed by atoms with E-state index in [0.717, 1.165) is 18.8 Å². The van der Waals surface area contributed by atoms with E-state index >= 15 is 0 Å². The lowest BCUT2D eigenvalue weighted by Crippen LogP contribution is -2.06. The van der Waals surface area contributed by atoms with Crippen LogP contribution in [0.2, 0.25) is 0 Å². The zero-order valence-electron chi connectivity index (χ0n) is 13.9. The van der Waals surface area contributed by atoms with Crippen molar-refractivity contribution in [3.05, 3.63) is 72.3 Å². The zero-order chi connectivity index (χ0) is 16.2. The van der Waals surface area contributed by atoms with Gasteiger partial charge in [0.2, 0.25) is 0 Å². The second kappa shape index (κ2) is 7.31. The standard InChI is InChI=1S/C22H23OS/c1-2-8-18(9-3-1)14-15-23-21-12-13-22(24-16-6-7-17-24)20-11-5-4-10-19(20)21/h1-5,8-13H,6-7,14-17H2/q+1. The van der Waals surface area contributed by atoms with Gasteiger partial charge in [-0.1, -0.05) is 48.5 Å². The fraction of sp³-hybridized carbons (Fsp3) is 0.273. The molecule has 4 rings (SSSR count). The van der Waals surface area contributed by atoms with E-state index in [1.807, 2.05) is 0 Å². The third kappa shape index (κ3) is 3.29. The molecule has 122 valence electrons. The minimum absolute atomic E-state index is 0.436. The summed E-state index contributed by atoms with van der Waals surface area (Å²) in [7, 11) is 0.436. The summed E-state index contributed by atoms with van der Waals surface area (Å²) < 4.78 is 6.14. The van der Waals surface area contributed by atoms with Crippen LogP contribution in [0.5, 0.6) is 5.75 Å². The molecule has 2 heteroatoms. The van der Waals surface area contributed by atoms with Gasteiger partial charge in [0.1, 0.15) is 17.3 Å². The van der Waals surface area contributed by atoms with Crippen molar-refractivity contribution in [3.63, 3.8) is 0 Å². The number of hydrogen-bond donors (Lipinski definition) is 0. The summed E-state index contributed by atoms with van der Waals surface area (Å²) in [6, 6.07) is 23.8. The maximum atomic E-state index is 6.14. The van der Waals surface area contributed by atoms with Gasteiger partial charge in [-0.05, 0) is 36.6 Å². The van der Waals surface area contributed by atoms with Crippen LogP contribution in [-0.2, 0) is 17.3 Å². The molecule has 0 saturated carbocycles. The van der Waals surface area contributed by atoms with Gasteiger partial charge in [0.25, 0.3) is 0 Å². The van der Waals surface area contributed by atoms with E-state index < -0.39 is 0 Å². The lowest BCUT2D eigenvalue weighted by Gasteiger charge is -2.12. The van der Waals surface area contributed by atoms with Crippen molar-refractivity contribution in [1.29, 1.82) is 0 Å². The molecule has 0 atom stereocenters. The van der Waals surface area contributed by atoms with Gasteiger partial charge in [-0.2, -0.15) is 0 Å². The lowest BCUT2D eigenvalue weighted by atomic mass is 10.1. The topological polar surface area (TPSA) is 9.23 Å². The molecule has 0 amide bonds. The quantitative estimate of drug-likeness (QED) is 0.580. The first-order chi connectivity index (χ1) is 11.9. The highest BCUT2D eigenvalue weighted by Gasteiger charge is 2.29. The molecule has 0 N–H and O–H groups in total. The average Bonchev–Trinajstić information content (AvgIpc) is 3.17. The average molecular weight is 335 g/mol. The number of hydrogen-bond acceptors (Lipinski definition) is 1. The Bertz CT molecular complexity index is 807. The van der Waals surface area contributed by atoms with Crippen molar-refractivity contribution in [2.75, 3.05) is 18.1 Å². The molecule has 0 bridgehead atoms. The summed E-state index contributed by atoms with van der Waals surface area (Å²) in [6.07, 6.45) is 3.71. The Morgan fingerprint density at radius 3 is 2.25 bits per heavy atom. The van der Waals surface area contributed by atoms with Crippen LogP contribution in [-0.4, -0.2) is 18.1 Å². The van der Waals surface area contributed by atoms with Crippen molar-refractivity contribution < 1.29 is 4.74 Å². The van der Waals surface area contributed by atoms with E-state index in [-0.39, 0.29) is 0 Å². The van der Waals surface area contributed by atoms with Gasteiger partial charge in [-0.25, -0.2) is 0 Å². The molecule has 3 aromatic carbocycles. The summed E-state index contributed by atoms with van der Waals surface area (Å²) in [4.78, 5) is 1.54. The Kier molecular flexibility index (Phi) is 4.75. The number of fused-ring (bicyclic) bond motifs is 1. The molecule has 1 aliphatic rings. The molecule has 0 unspecified atom stereocenters. The van der Waals surface area contributed by atoms with E-state index in [0.29, 0.717) is 10.9 Å². The highest BCUT2D eigenvalue weighted by Crippen LogP contribution is 2.34. The summed E-state index contributed by atoms with van der Waals surface area (Å²) in [5.41, 5.74) is 1.32. The third-order valence-corrected chi connectivity index (χ3v) is 7.22. The molecule has 24 heavy (non-hydrogen) atoms. The Balaban J connectivity index is 1.56. The highest BCUT2D eigenvalue weighted by molar-refractivity contribution is 7.97. The van der Waals surface area contributed by atoms with Gasteiger partial charge in [0, 0.05) is 28.1 Å². The second-order valence-electron chi connectivity index (χ2n) is 6.30. The Hall–Kier alpha value is -1.93. The first-order valence-corrected chi connectivity index (χ1v) is 10.3. The molecule has 1 saturated heterocycles. The van der Waals surface area contributed by atoms with Gasteiger partial charge in [0.15, 0.2) is 4.90 Å². The van der Waals surface area contributed by atoms with Crippen LogP contribution < -0.4 is 4.74 Å². The van der Waals surface area contributed by atoms with Crippen molar-refractivity contribution >= 4 is 21.7 Å². The van der Waals surface area contributed by atoms with Crippen LogP contribution in [0, 0.1) is 0 Å². The molecule has 1 nitrogen and oxygen atoms in total. The van der Waals surface area contributed by atoms with Crippen molar-refractivity contribution in [3.8, 4) is 5.75 Å². The number of ether oxygens (including phenoxy) is 1. The summed E-state index contributed by atoms with van der Waals surface area (Å²) in [5, 5.41) is 2.66. The summed E-state index contributed by atoms with van der Waals surface area (Å²) >= 11 is 0. The molecular weight excluding hydrogens is 312 g/mol. The maximum Gasteiger partial charge on any atom is 0.162 e.